The normalized spacial score (nSPS) is 16.1. The molecule has 5 heteroatoms. The van der Waals surface area contributed by atoms with Gasteiger partial charge < -0.3 is 10.2 Å². The van der Waals surface area contributed by atoms with Gasteiger partial charge in [0.2, 0.25) is 11.8 Å². The lowest BCUT2D eigenvalue weighted by atomic mass is 10.1. The zero-order valence-corrected chi connectivity index (χ0v) is 10.5. The lowest BCUT2D eigenvalue weighted by Crippen LogP contribution is -2.35. The number of rotatable bonds is 2. The molecule has 2 heterocycles. The van der Waals surface area contributed by atoms with Gasteiger partial charge in [0.05, 0.1) is 12.1 Å². The van der Waals surface area contributed by atoms with Gasteiger partial charge in [-0.25, -0.2) is 0 Å². The van der Waals surface area contributed by atoms with Crippen LogP contribution in [-0.2, 0) is 16.0 Å². The number of hydrogen-bond acceptors (Lipinski definition) is 3. The summed E-state index contributed by atoms with van der Waals surface area (Å²) in [6.07, 6.45) is 2.39. The van der Waals surface area contributed by atoms with Crippen molar-refractivity contribution in [2.45, 2.75) is 19.8 Å². The van der Waals surface area contributed by atoms with E-state index >= 15 is 0 Å². The molecule has 5 nitrogen and oxygen atoms in total. The first-order valence-electron chi connectivity index (χ1n) is 6.12. The first kappa shape index (κ1) is 12.5. The van der Waals surface area contributed by atoms with Gasteiger partial charge in [-0.1, -0.05) is 6.07 Å². The Hall–Kier alpha value is -1.91. The predicted octanol–water partition coefficient (Wildman–Crippen LogP) is 0.281. The van der Waals surface area contributed by atoms with E-state index in [1.165, 1.54) is 0 Å². The molecular formula is C13H17N3O2. The van der Waals surface area contributed by atoms with Gasteiger partial charge >= 0.3 is 0 Å². The van der Waals surface area contributed by atoms with E-state index in [4.69, 9.17) is 0 Å². The molecule has 1 aromatic heterocycles. The molecule has 0 atom stereocenters. The fourth-order valence-corrected chi connectivity index (χ4v) is 1.97. The summed E-state index contributed by atoms with van der Waals surface area (Å²) in [6.45, 7) is 3.56. The number of nitrogens with zero attached hydrogens (tertiary/aromatic N) is 2. The molecule has 18 heavy (non-hydrogen) atoms. The first-order chi connectivity index (χ1) is 8.66. The maximum absolute atomic E-state index is 12.1. The van der Waals surface area contributed by atoms with Crippen LogP contribution >= 0.6 is 0 Å². The highest BCUT2D eigenvalue weighted by atomic mass is 16.2. The van der Waals surface area contributed by atoms with Crippen LogP contribution in [0.5, 0.6) is 0 Å². The number of aryl methyl sites for hydroxylation is 1. The van der Waals surface area contributed by atoms with Crippen molar-refractivity contribution in [2.24, 2.45) is 0 Å². The molecule has 0 unspecified atom stereocenters. The third-order valence-corrected chi connectivity index (χ3v) is 3.10. The molecular weight excluding hydrogens is 230 g/mol. The molecule has 1 aliphatic rings. The summed E-state index contributed by atoms with van der Waals surface area (Å²) in [7, 11) is 0. The third-order valence-electron chi connectivity index (χ3n) is 3.10. The van der Waals surface area contributed by atoms with Crippen LogP contribution in [0.1, 0.15) is 17.7 Å². The molecule has 2 rings (SSSR count). The molecule has 1 saturated heterocycles. The zero-order chi connectivity index (χ0) is 13.0. The van der Waals surface area contributed by atoms with Gasteiger partial charge in [0.15, 0.2) is 0 Å². The highest BCUT2D eigenvalue weighted by Crippen LogP contribution is 2.07. The van der Waals surface area contributed by atoms with Crippen LogP contribution in [0, 0.1) is 6.92 Å². The van der Waals surface area contributed by atoms with E-state index in [0.717, 1.165) is 11.3 Å². The van der Waals surface area contributed by atoms with E-state index in [1.54, 1.807) is 11.1 Å². The van der Waals surface area contributed by atoms with E-state index in [1.807, 2.05) is 19.1 Å². The van der Waals surface area contributed by atoms with Crippen molar-refractivity contribution in [3.8, 4) is 0 Å². The van der Waals surface area contributed by atoms with E-state index in [-0.39, 0.29) is 11.8 Å². The molecule has 0 bridgehead atoms. The lowest BCUT2D eigenvalue weighted by Gasteiger charge is -2.19. The second-order valence-corrected chi connectivity index (χ2v) is 4.42. The Morgan fingerprint density at radius 2 is 2.33 bits per heavy atom. The summed E-state index contributed by atoms with van der Waals surface area (Å²) in [5.41, 5.74) is 1.83. The van der Waals surface area contributed by atoms with Gasteiger partial charge in [-0.3, -0.25) is 14.6 Å². The van der Waals surface area contributed by atoms with E-state index < -0.39 is 0 Å². The molecule has 1 aliphatic heterocycles. The Morgan fingerprint density at radius 3 is 3.11 bits per heavy atom. The average molecular weight is 247 g/mol. The molecule has 0 aromatic carbocycles. The molecule has 0 aliphatic carbocycles. The second-order valence-electron chi connectivity index (χ2n) is 4.42. The number of amides is 2. The molecule has 96 valence electrons. The number of hydrogen-bond donors (Lipinski definition) is 1. The van der Waals surface area contributed by atoms with Crippen molar-refractivity contribution < 1.29 is 9.59 Å². The molecule has 2 amide bonds. The number of nitrogens with one attached hydrogen (secondary N) is 1. The van der Waals surface area contributed by atoms with Crippen LogP contribution in [-0.4, -0.2) is 41.3 Å². The smallest absolute Gasteiger partial charge is 0.228 e. The van der Waals surface area contributed by atoms with Gasteiger partial charge in [0.1, 0.15) is 0 Å². The largest absolute Gasteiger partial charge is 0.354 e. The maximum atomic E-state index is 12.1. The fraction of sp³-hybridized carbons (Fsp3) is 0.462. The Balaban J connectivity index is 1.99. The molecule has 0 radical (unpaired) electrons. The number of carbonyl (C=O) groups excluding carboxylic acids is 2. The summed E-state index contributed by atoms with van der Waals surface area (Å²) in [5, 5.41) is 2.76. The van der Waals surface area contributed by atoms with Crippen LogP contribution in [0.15, 0.2) is 18.3 Å². The van der Waals surface area contributed by atoms with Gasteiger partial charge in [0.25, 0.3) is 0 Å². The SMILES string of the molecule is Cc1cccnc1CC(=O)N1CCNC(=O)CC1. The Kier molecular flexibility index (Phi) is 3.92. The summed E-state index contributed by atoms with van der Waals surface area (Å²) in [4.78, 5) is 29.3. The van der Waals surface area contributed by atoms with Crippen LogP contribution in [0.2, 0.25) is 0 Å². The molecule has 1 aromatic rings. The Bertz CT molecular complexity index is 459. The molecule has 0 spiro atoms. The van der Waals surface area contributed by atoms with Crippen molar-refractivity contribution in [1.29, 1.82) is 0 Å². The standard InChI is InChI=1S/C13H17N3O2/c1-10-3-2-5-14-11(10)9-13(18)16-7-4-12(17)15-6-8-16/h2-3,5H,4,6-9H2,1H3,(H,15,17). The van der Waals surface area contributed by atoms with Crippen molar-refractivity contribution in [2.75, 3.05) is 19.6 Å². The zero-order valence-electron chi connectivity index (χ0n) is 10.5. The summed E-state index contributed by atoms with van der Waals surface area (Å²) >= 11 is 0. The van der Waals surface area contributed by atoms with Gasteiger partial charge in [0, 0.05) is 32.3 Å². The second kappa shape index (κ2) is 5.62. The average Bonchev–Trinajstić information content (AvgIpc) is 2.57. The number of aromatic nitrogens is 1. The third kappa shape index (κ3) is 3.06. The minimum Gasteiger partial charge on any atom is -0.354 e. The van der Waals surface area contributed by atoms with Crippen LogP contribution in [0.25, 0.3) is 0 Å². The van der Waals surface area contributed by atoms with Crippen molar-refractivity contribution in [1.82, 2.24) is 15.2 Å². The number of carbonyl (C=O) groups is 2. The van der Waals surface area contributed by atoms with Gasteiger partial charge in [-0.15, -0.1) is 0 Å². The van der Waals surface area contributed by atoms with Crippen LogP contribution < -0.4 is 5.32 Å². The van der Waals surface area contributed by atoms with Crippen molar-refractivity contribution >= 4 is 11.8 Å². The highest BCUT2D eigenvalue weighted by Gasteiger charge is 2.19. The van der Waals surface area contributed by atoms with E-state index in [9.17, 15) is 9.59 Å². The fourth-order valence-electron chi connectivity index (χ4n) is 1.97. The molecule has 0 saturated carbocycles. The van der Waals surface area contributed by atoms with Gasteiger partial charge in [-0.05, 0) is 18.6 Å². The maximum Gasteiger partial charge on any atom is 0.228 e. The first-order valence-corrected chi connectivity index (χ1v) is 6.12. The highest BCUT2D eigenvalue weighted by molar-refractivity contribution is 5.81. The molecule has 1 N–H and O–H groups in total. The summed E-state index contributed by atoms with van der Waals surface area (Å²) in [6, 6.07) is 3.81. The molecule has 1 fully saturated rings. The lowest BCUT2D eigenvalue weighted by molar-refractivity contribution is -0.130. The van der Waals surface area contributed by atoms with Gasteiger partial charge in [-0.2, -0.15) is 0 Å². The quantitative estimate of drug-likeness (QED) is 0.816. The monoisotopic (exact) mass is 247 g/mol. The van der Waals surface area contributed by atoms with Crippen LogP contribution in [0.4, 0.5) is 0 Å². The summed E-state index contributed by atoms with van der Waals surface area (Å²) < 4.78 is 0. The van der Waals surface area contributed by atoms with Crippen LogP contribution in [0.3, 0.4) is 0 Å². The number of pyridine rings is 1. The Morgan fingerprint density at radius 1 is 1.50 bits per heavy atom. The van der Waals surface area contributed by atoms with E-state index in [2.05, 4.69) is 10.3 Å². The van der Waals surface area contributed by atoms with E-state index in [0.29, 0.717) is 32.5 Å². The minimum atomic E-state index is 0.0133. The topological polar surface area (TPSA) is 62.3 Å². The van der Waals surface area contributed by atoms with Crippen molar-refractivity contribution in [3.05, 3.63) is 29.6 Å². The van der Waals surface area contributed by atoms with Crippen molar-refractivity contribution in [3.63, 3.8) is 0 Å². The predicted molar refractivity (Wildman–Crippen MR) is 66.9 cm³/mol. The Labute approximate surface area is 106 Å². The minimum absolute atomic E-state index is 0.0133. The summed E-state index contributed by atoms with van der Waals surface area (Å²) in [5.74, 6) is 0.0487.